The van der Waals surface area contributed by atoms with E-state index in [1.54, 1.807) is 12.1 Å². The van der Waals surface area contributed by atoms with Crippen LogP contribution < -0.4 is 18.9 Å². The Hall–Kier alpha value is -0.383. The van der Waals surface area contributed by atoms with Crippen molar-refractivity contribution in [3.05, 3.63) is 29.8 Å². The van der Waals surface area contributed by atoms with Crippen LogP contribution in [-0.4, -0.2) is 5.11 Å². The summed E-state index contributed by atoms with van der Waals surface area (Å²) in [6.07, 6.45) is 0.981. The smallest absolute Gasteiger partial charge is 1.00 e. The molecule has 0 aliphatic carbocycles. The minimum Gasteiger partial charge on any atom is -1.00 e. The van der Waals surface area contributed by atoms with Gasteiger partial charge in [-0.05, 0) is 24.1 Å². The molecule has 10 heavy (non-hydrogen) atoms. The maximum atomic E-state index is 8.94. The molecule has 0 aliphatic heterocycles. The zero-order valence-corrected chi connectivity index (χ0v) is 6.46. The van der Waals surface area contributed by atoms with Crippen LogP contribution in [0.3, 0.4) is 0 Å². The zero-order chi connectivity index (χ0) is 6.69. The Morgan fingerprint density at radius 3 is 2.60 bits per heavy atom. The molecule has 0 spiro atoms. The van der Waals surface area contributed by atoms with Crippen LogP contribution in [-0.2, 0) is 6.42 Å². The molecule has 0 atom stereocenters. The van der Waals surface area contributed by atoms with E-state index in [2.05, 4.69) is 6.92 Å². The number of aromatic hydroxyl groups is 1. The van der Waals surface area contributed by atoms with Gasteiger partial charge in [0.25, 0.3) is 0 Å². The van der Waals surface area contributed by atoms with Crippen molar-refractivity contribution in [1.82, 2.24) is 0 Å². The molecule has 0 saturated carbocycles. The molecule has 50 valence electrons. The number of phenols is 1. The number of hydrogen-bond acceptors (Lipinski definition) is 1. The number of rotatable bonds is 1. The van der Waals surface area contributed by atoms with Gasteiger partial charge in [-0.1, -0.05) is 19.1 Å². The average Bonchev–Trinajstić information content (AvgIpc) is 1.88. The molecule has 0 aromatic heterocycles. The summed E-state index contributed by atoms with van der Waals surface area (Å²) in [6.45, 7) is 2.06. The van der Waals surface area contributed by atoms with Gasteiger partial charge < -0.3 is 6.53 Å². The van der Waals surface area contributed by atoms with E-state index in [0.717, 1.165) is 6.42 Å². The summed E-state index contributed by atoms with van der Waals surface area (Å²) in [7, 11) is 0. The normalized spacial score (nSPS) is 8.50. The van der Waals surface area contributed by atoms with Gasteiger partial charge in [-0.3, -0.25) is 0 Å². The van der Waals surface area contributed by atoms with Crippen LogP contribution in [0.25, 0.3) is 0 Å². The Morgan fingerprint density at radius 1 is 1.50 bits per heavy atom. The van der Waals surface area contributed by atoms with Crippen LogP contribution in [0.4, 0.5) is 0 Å². The minimum absolute atomic E-state index is 0. The Kier molecular flexibility index (Phi) is 4.27. The predicted octanol–water partition coefficient (Wildman–Crippen LogP) is -0.929. The van der Waals surface area contributed by atoms with Crippen LogP contribution in [0.2, 0.25) is 0 Å². The third-order valence-corrected chi connectivity index (χ3v) is 1.32. The van der Waals surface area contributed by atoms with Crippen LogP contribution in [0.5, 0.6) is 5.75 Å². The Balaban J connectivity index is 0. The molecule has 0 unspecified atom stereocenters. The second kappa shape index (κ2) is 4.44. The number of aryl methyl sites for hydroxylation is 1. The molecule has 1 aromatic carbocycles. The first kappa shape index (κ1) is 9.62. The monoisotopic (exact) mass is 130 g/mol. The number of phenolic OH excluding ortho intramolecular Hbond substituents is 1. The summed E-state index contributed by atoms with van der Waals surface area (Å²) in [5, 5.41) is 8.94. The van der Waals surface area contributed by atoms with E-state index >= 15 is 0 Å². The quantitative estimate of drug-likeness (QED) is 0.487. The van der Waals surface area contributed by atoms with E-state index in [9.17, 15) is 0 Å². The van der Waals surface area contributed by atoms with E-state index in [1.807, 2.05) is 12.1 Å². The van der Waals surface area contributed by atoms with Gasteiger partial charge in [0.1, 0.15) is 5.75 Å². The second-order valence-corrected chi connectivity index (χ2v) is 2.02. The summed E-state index contributed by atoms with van der Waals surface area (Å²) >= 11 is 0. The zero-order valence-electron chi connectivity index (χ0n) is 7.46. The van der Waals surface area contributed by atoms with Gasteiger partial charge in [-0.2, -0.15) is 0 Å². The fourth-order valence-electron chi connectivity index (χ4n) is 0.776. The van der Waals surface area contributed by atoms with Gasteiger partial charge in [0.15, 0.2) is 0 Å². The third-order valence-electron chi connectivity index (χ3n) is 1.32. The van der Waals surface area contributed by atoms with Crippen LogP contribution in [0, 0.1) is 0 Å². The fourth-order valence-corrected chi connectivity index (χ4v) is 0.776. The number of benzene rings is 1. The van der Waals surface area contributed by atoms with Gasteiger partial charge in [0.05, 0.1) is 0 Å². The molecule has 0 heterocycles. The summed E-state index contributed by atoms with van der Waals surface area (Å²) in [4.78, 5) is 0. The summed E-state index contributed by atoms with van der Waals surface area (Å²) in [6, 6.07) is 7.31. The van der Waals surface area contributed by atoms with E-state index in [0.29, 0.717) is 5.75 Å². The van der Waals surface area contributed by atoms with Crippen LogP contribution in [0.15, 0.2) is 24.3 Å². The van der Waals surface area contributed by atoms with Crippen molar-refractivity contribution in [2.24, 2.45) is 0 Å². The van der Waals surface area contributed by atoms with Gasteiger partial charge in [-0.25, -0.2) is 0 Å². The van der Waals surface area contributed by atoms with E-state index in [-0.39, 0.29) is 20.3 Å². The van der Waals surface area contributed by atoms with E-state index in [4.69, 9.17) is 5.11 Å². The maximum absolute atomic E-state index is 8.94. The first-order valence-corrected chi connectivity index (χ1v) is 3.11. The summed E-state index contributed by atoms with van der Waals surface area (Å²) < 4.78 is 0. The molecule has 1 nitrogen and oxygen atoms in total. The van der Waals surface area contributed by atoms with Gasteiger partial charge in [0.2, 0.25) is 0 Å². The SMILES string of the molecule is CCc1cccc(O)c1.[H-].[Li+]. The molecule has 0 fully saturated rings. The topological polar surface area (TPSA) is 20.2 Å². The van der Waals surface area contributed by atoms with Crippen molar-refractivity contribution in [3.8, 4) is 5.75 Å². The van der Waals surface area contributed by atoms with E-state index < -0.39 is 0 Å². The van der Waals surface area contributed by atoms with Crippen molar-refractivity contribution < 1.29 is 25.4 Å². The van der Waals surface area contributed by atoms with Gasteiger partial charge in [0, 0.05) is 0 Å². The molecular formula is C8H11LiO. The average molecular weight is 130 g/mol. The predicted molar refractivity (Wildman–Crippen MR) is 38.6 cm³/mol. The molecule has 0 amide bonds. The Bertz CT molecular complexity index is 203. The van der Waals surface area contributed by atoms with Crippen LogP contribution in [0.1, 0.15) is 13.9 Å². The van der Waals surface area contributed by atoms with Crippen molar-refractivity contribution in [2.45, 2.75) is 13.3 Å². The number of hydrogen-bond donors (Lipinski definition) is 1. The van der Waals surface area contributed by atoms with E-state index in [1.165, 1.54) is 5.56 Å². The standard InChI is InChI=1S/C8H10O.Li.H/c1-2-7-4-3-5-8(9)6-7;;/h3-6,9H,2H2,1H3;;/q;+1;-1. The van der Waals surface area contributed by atoms with Crippen molar-refractivity contribution in [3.63, 3.8) is 0 Å². The molecule has 1 rings (SSSR count). The van der Waals surface area contributed by atoms with Crippen LogP contribution >= 0.6 is 0 Å². The maximum Gasteiger partial charge on any atom is 1.00 e. The molecule has 1 aromatic rings. The third kappa shape index (κ3) is 2.47. The Labute approximate surface area is 74.7 Å². The molecule has 0 bridgehead atoms. The molecule has 0 aliphatic rings. The molecule has 1 N–H and O–H groups in total. The largest absolute Gasteiger partial charge is 1.00 e. The van der Waals surface area contributed by atoms with Gasteiger partial charge >= 0.3 is 18.9 Å². The fraction of sp³-hybridized carbons (Fsp3) is 0.250. The van der Waals surface area contributed by atoms with Gasteiger partial charge in [-0.15, -0.1) is 0 Å². The molecule has 2 heteroatoms. The molecule has 0 saturated heterocycles. The van der Waals surface area contributed by atoms with Crippen molar-refractivity contribution in [2.75, 3.05) is 0 Å². The second-order valence-electron chi connectivity index (χ2n) is 2.02. The van der Waals surface area contributed by atoms with Crippen molar-refractivity contribution >= 4 is 0 Å². The molecule has 0 radical (unpaired) electrons. The molecular weight excluding hydrogens is 119 g/mol. The first-order chi connectivity index (χ1) is 4.33. The summed E-state index contributed by atoms with van der Waals surface area (Å²) in [5.41, 5.74) is 1.18. The van der Waals surface area contributed by atoms with Crippen molar-refractivity contribution in [1.29, 1.82) is 0 Å². The summed E-state index contributed by atoms with van der Waals surface area (Å²) in [5.74, 6) is 0.356. The minimum atomic E-state index is 0. The first-order valence-electron chi connectivity index (χ1n) is 3.11. The Morgan fingerprint density at radius 2 is 2.20 bits per heavy atom.